The fraction of sp³-hybridized carbons (Fsp3) is 0.400. The third-order valence-electron chi connectivity index (χ3n) is 1.42. The summed E-state index contributed by atoms with van der Waals surface area (Å²) >= 11 is 5.36. The molecule has 1 aromatic carbocycles. The van der Waals surface area contributed by atoms with Crippen LogP contribution in [-0.2, 0) is 5.33 Å². The van der Waals surface area contributed by atoms with E-state index >= 15 is 0 Å². The Kier molecular flexibility index (Phi) is 4.16. The lowest BCUT2D eigenvalue weighted by Crippen LogP contribution is -1.86. The van der Waals surface area contributed by atoms with Gasteiger partial charge in [0.1, 0.15) is 0 Å². The summed E-state index contributed by atoms with van der Waals surface area (Å²) in [5.41, 5.74) is 1.35. The van der Waals surface area contributed by atoms with Gasteiger partial charge in [-0.15, -0.1) is 11.8 Å². The molecule has 0 radical (unpaired) electrons. The maximum absolute atomic E-state index is 3.45. The first kappa shape index (κ1) is 10.1. The van der Waals surface area contributed by atoms with Gasteiger partial charge in [-0.1, -0.05) is 41.9 Å². The number of hydrogen-bond acceptors (Lipinski definition) is 1. The van der Waals surface area contributed by atoms with Crippen LogP contribution in [0.25, 0.3) is 0 Å². The number of hydrogen-bond donors (Lipinski definition) is 0. The van der Waals surface area contributed by atoms with Gasteiger partial charge in [0.05, 0.1) is 0 Å². The second-order valence-corrected chi connectivity index (χ2v) is 5.16. The van der Waals surface area contributed by atoms with Crippen molar-refractivity contribution in [3.63, 3.8) is 0 Å². The second kappa shape index (κ2) is 4.93. The van der Waals surface area contributed by atoms with Crippen molar-refractivity contribution in [2.75, 3.05) is 0 Å². The van der Waals surface area contributed by atoms with Crippen LogP contribution < -0.4 is 0 Å². The minimum atomic E-state index is 0.663. The van der Waals surface area contributed by atoms with Crippen molar-refractivity contribution < 1.29 is 0 Å². The van der Waals surface area contributed by atoms with Crippen LogP contribution in [-0.4, -0.2) is 5.25 Å². The molecule has 0 nitrogen and oxygen atoms in total. The van der Waals surface area contributed by atoms with E-state index in [-0.39, 0.29) is 0 Å². The van der Waals surface area contributed by atoms with Crippen molar-refractivity contribution in [1.29, 1.82) is 0 Å². The first-order chi connectivity index (χ1) is 5.72. The molecule has 0 saturated heterocycles. The molecule has 2 heteroatoms. The Morgan fingerprint density at radius 2 is 2.17 bits per heavy atom. The van der Waals surface area contributed by atoms with Gasteiger partial charge in [0, 0.05) is 15.5 Å². The first-order valence-electron chi connectivity index (χ1n) is 4.04. The van der Waals surface area contributed by atoms with Crippen LogP contribution >= 0.6 is 27.7 Å². The van der Waals surface area contributed by atoms with E-state index in [0.717, 1.165) is 5.33 Å². The largest absolute Gasteiger partial charge is 0.123 e. The molecule has 12 heavy (non-hydrogen) atoms. The van der Waals surface area contributed by atoms with Crippen LogP contribution in [0.4, 0.5) is 0 Å². The van der Waals surface area contributed by atoms with Crippen molar-refractivity contribution in [2.45, 2.75) is 29.3 Å². The SMILES string of the molecule is CC(C)Sc1cccc(CBr)c1. The highest BCUT2D eigenvalue weighted by Gasteiger charge is 1.98. The van der Waals surface area contributed by atoms with Crippen molar-refractivity contribution >= 4 is 27.7 Å². The van der Waals surface area contributed by atoms with Gasteiger partial charge in [0.2, 0.25) is 0 Å². The second-order valence-electron chi connectivity index (χ2n) is 2.95. The summed E-state index contributed by atoms with van der Waals surface area (Å²) in [6.45, 7) is 4.43. The summed E-state index contributed by atoms with van der Waals surface area (Å²) in [7, 11) is 0. The first-order valence-corrected chi connectivity index (χ1v) is 6.04. The van der Waals surface area contributed by atoms with E-state index in [1.165, 1.54) is 10.5 Å². The van der Waals surface area contributed by atoms with Gasteiger partial charge in [-0.3, -0.25) is 0 Å². The molecule has 0 fully saturated rings. The summed E-state index contributed by atoms with van der Waals surface area (Å²) in [5.74, 6) is 0. The zero-order chi connectivity index (χ0) is 8.97. The molecule has 0 heterocycles. The van der Waals surface area contributed by atoms with Crippen LogP contribution in [0.1, 0.15) is 19.4 Å². The lowest BCUT2D eigenvalue weighted by molar-refractivity contribution is 1.11. The highest BCUT2D eigenvalue weighted by Crippen LogP contribution is 2.23. The zero-order valence-corrected chi connectivity index (χ0v) is 9.78. The average Bonchev–Trinajstić information content (AvgIpc) is 2.03. The highest BCUT2D eigenvalue weighted by molar-refractivity contribution is 9.08. The minimum absolute atomic E-state index is 0.663. The molecule has 0 atom stereocenters. The van der Waals surface area contributed by atoms with E-state index in [2.05, 4.69) is 54.0 Å². The average molecular weight is 245 g/mol. The van der Waals surface area contributed by atoms with Crippen LogP contribution in [0.2, 0.25) is 0 Å². The van der Waals surface area contributed by atoms with Crippen LogP contribution in [0, 0.1) is 0 Å². The fourth-order valence-electron chi connectivity index (χ4n) is 0.974. The summed E-state index contributed by atoms with van der Waals surface area (Å²) < 4.78 is 0. The molecule has 66 valence electrons. The quantitative estimate of drug-likeness (QED) is 0.571. The third kappa shape index (κ3) is 3.20. The molecule has 0 aromatic heterocycles. The van der Waals surface area contributed by atoms with Crippen molar-refractivity contribution in [1.82, 2.24) is 0 Å². The van der Waals surface area contributed by atoms with Gasteiger partial charge in [0.25, 0.3) is 0 Å². The Bertz CT molecular complexity index is 245. The highest BCUT2D eigenvalue weighted by atomic mass is 79.9. The maximum atomic E-state index is 3.45. The minimum Gasteiger partial charge on any atom is -0.123 e. The lowest BCUT2D eigenvalue weighted by Gasteiger charge is -2.05. The van der Waals surface area contributed by atoms with Crippen molar-refractivity contribution in [3.8, 4) is 0 Å². The monoisotopic (exact) mass is 244 g/mol. The van der Waals surface area contributed by atoms with Gasteiger partial charge in [-0.2, -0.15) is 0 Å². The molecule has 0 amide bonds. The molecule has 1 rings (SSSR count). The van der Waals surface area contributed by atoms with E-state index in [9.17, 15) is 0 Å². The molecular formula is C10H13BrS. The van der Waals surface area contributed by atoms with Gasteiger partial charge >= 0.3 is 0 Å². The molecule has 0 saturated carbocycles. The standard InChI is InChI=1S/C10H13BrS/c1-8(2)12-10-5-3-4-9(6-10)7-11/h3-6,8H,7H2,1-2H3. The third-order valence-corrected chi connectivity index (χ3v) is 3.07. The van der Waals surface area contributed by atoms with Gasteiger partial charge in [-0.05, 0) is 17.7 Å². The molecular weight excluding hydrogens is 232 g/mol. The molecule has 0 bridgehead atoms. The lowest BCUT2D eigenvalue weighted by atomic mass is 10.2. The van der Waals surface area contributed by atoms with E-state index in [4.69, 9.17) is 0 Å². The number of thioether (sulfide) groups is 1. The summed E-state index contributed by atoms with van der Waals surface area (Å²) in [4.78, 5) is 1.36. The topological polar surface area (TPSA) is 0 Å². The van der Waals surface area contributed by atoms with Crippen molar-refractivity contribution in [3.05, 3.63) is 29.8 Å². The number of halogens is 1. The molecule has 0 aliphatic rings. The number of rotatable bonds is 3. The summed E-state index contributed by atoms with van der Waals surface area (Å²) in [5, 5.41) is 1.61. The van der Waals surface area contributed by atoms with Crippen LogP contribution in [0.3, 0.4) is 0 Å². The fourth-order valence-corrected chi connectivity index (χ4v) is 2.24. The Morgan fingerprint density at radius 1 is 1.42 bits per heavy atom. The summed E-state index contributed by atoms with van der Waals surface area (Å²) in [6.07, 6.45) is 0. The maximum Gasteiger partial charge on any atom is 0.0283 e. The predicted molar refractivity (Wildman–Crippen MR) is 60.1 cm³/mol. The normalized spacial score (nSPS) is 10.7. The molecule has 0 unspecified atom stereocenters. The molecule has 0 N–H and O–H groups in total. The number of benzene rings is 1. The van der Waals surface area contributed by atoms with Gasteiger partial charge in [0.15, 0.2) is 0 Å². The van der Waals surface area contributed by atoms with E-state index in [1.807, 2.05) is 11.8 Å². The zero-order valence-electron chi connectivity index (χ0n) is 7.38. The Morgan fingerprint density at radius 3 is 2.75 bits per heavy atom. The van der Waals surface area contributed by atoms with Gasteiger partial charge < -0.3 is 0 Å². The molecule has 0 aliphatic heterocycles. The van der Waals surface area contributed by atoms with Crippen LogP contribution in [0.15, 0.2) is 29.2 Å². The van der Waals surface area contributed by atoms with Crippen LogP contribution in [0.5, 0.6) is 0 Å². The molecule has 1 aromatic rings. The van der Waals surface area contributed by atoms with E-state index in [1.54, 1.807) is 0 Å². The van der Waals surface area contributed by atoms with Crippen molar-refractivity contribution in [2.24, 2.45) is 0 Å². The smallest absolute Gasteiger partial charge is 0.0283 e. The van der Waals surface area contributed by atoms with Gasteiger partial charge in [-0.25, -0.2) is 0 Å². The van der Waals surface area contributed by atoms with E-state index in [0.29, 0.717) is 5.25 Å². The Balaban J connectivity index is 2.72. The number of alkyl halides is 1. The summed E-state index contributed by atoms with van der Waals surface area (Å²) in [6, 6.07) is 8.65. The molecule has 0 spiro atoms. The molecule has 0 aliphatic carbocycles. The van der Waals surface area contributed by atoms with E-state index < -0.39 is 0 Å². The Hall–Kier alpha value is 0.0500. The predicted octanol–water partition coefficient (Wildman–Crippen LogP) is 4.08. The Labute approximate surface area is 86.9 Å².